The SMILES string of the molecule is COc1ccc([C@@H](C)N)c(OCC(C)O)c1. The second-order valence-corrected chi connectivity index (χ2v) is 3.85. The molecule has 0 aliphatic heterocycles. The highest BCUT2D eigenvalue weighted by molar-refractivity contribution is 5.42. The van der Waals surface area contributed by atoms with E-state index in [-0.39, 0.29) is 12.6 Å². The van der Waals surface area contributed by atoms with Gasteiger partial charge >= 0.3 is 0 Å². The fraction of sp³-hybridized carbons (Fsp3) is 0.500. The van der Waals surface area contributed by atoms with Gasteiger partial charge in [-0.1, -0.05) is 6.07 Å². The van der Waals surface area contributed by atoms with Crippen molar-refractivity contribution in [1.82, 2.24) is 0 Å². The first-order valence-corrected chi connectivity index (χ1v) is 5.29. The van der Waals surface area contributed by atoms with Gasteiger partial charge in [-0.05, 0) is 19.9 Å². The molecule has 16 heavy (non-hydrogen) atoms. The van der Waals surface area contributed by atoms with Crippen molar-refractivity contribution >= 4 is 0 Å². The van der Waals surface area contributed by atoms with Gasteiger partial charge in [0.25, 0.3) is 0 Å². The van der Waals surface area contributed by atoms with E-state index in [9.17, 15) is 5.11 Å². The second-order valence-electron chi connectivity index (χ2n) is 3.85. The quantitative estimate of drug-likeness (QED) is 0.796. The molecule has 0 aliphatic rings. The second kappa shape index (κ2) is 5.72. The normalized spacial score (nSPS) is 14.3. The molecule has 4 heteroatoms. The van der Waals surface area contributed by atoms with Gasteiger partial charge in [-0.15, -0.1) is 0 Å². The number of nitrogens with two attached hydrogens (primary N) is 1. The molecule has 4 nitrogen and oxygen atoms in total. The fourth-order valence-corrected chi connectivity index (χ4v) is 1.35. The molecule has 2 atom stereocenters. The summed E-state index contributed by atoms with van der Waals surface area (Å²) in [6, 6.07) is 5.38. The lowest BCUT2D eigenvalue weighted by Crippen LogP contribution is -2.15. The van der Waals surface area contributed by atoms with E-state index in [1.165, 1.54) is 0 Å². The molecule has 0 saturated heterocycles. The van der Waals surface area contributed by atoms with Crippen LogP contribution >= 0.6 is 0 Å². The average Bonchev–Trinajstić information content (AvgIpc) is 2.25. The predicted octanol–water partition coefficient (Wildman–Crippen LogP) is 1.47. The van der Waals surface area contributed by atoms with Crippen molar-refractivity contribution in [3.05, 3.63) is 23.8 Å². The van der Waals surface area contributed by atoms with E-state index in [4.69, 9.17) is 15.2 Å². The average molecular weight is 225 g/mol. The molecular weight excluding hydrogens is 206 g/mol. The largest absolute Gasteiger partial charge is 0.497 e. The molecule has 1 aromatic rings. The third kappa shape index (κ3) is 3.40. The summed E-state index contributed by atoms with van der Waals surface area (Å²) in [6.07, 6.45) is -0.507. The number of methoxy groups -OCH3 is 1. The van der Waals surface area contributed by atoms with Crippen LogP contribution in [-0.4, -0.2) is 24.9 Å². The molecular formula is C12H19NO3. The van der Waals surface area contributed by atoms with Crippen molar-refractivity contribution in [3.8, 4) is 11.5 Å². The molecule has 0 heterocycles. The number of benzene rings is 1. The monoisotopic (exact) mass is 225 g/mol. The minimum Gasteiger partial charge on any atom is -0.497 e. The molecule has 1 unspecified atom stereocenters. The maximum atomic E-state index is 9.18. The summed E-state index contributed by atoms with van der Waals surface area (Å²) in [6.45, 7) is 3.80. The third-order valence-corrected chi connectivity index (χ3v) is 2.19. The van der Waals surface area contributed by atoms with Gasteiger partial charge in [-0.25, -0.2) is 0 Å². The first-order chi connectivity index (χ1) is 7.54. The van der Waals surface area contributed by atoms with Crippen LogP contribution in [0.4, 0.5) is 0 Å². The number of aliphatic hydroxyl groups excluding tert-OH is 1. The predicted molar refractivity (Wildman–Crippen MR) is 62.8 cm³/mol. The molecule has 0 bridgehead atoms. The number of rotatable bonds is 5. The van der Waals surface area contributed by atoms with Crippen molar-refractivity contribution in [2.45, 2.75) is 26.0 Å². The van der Waals surface area contributed by atoms with Gasteiger partial charge < -0.3 is 20.3 Å². The lowest BCUT2D eigenvalue weighted by Gasteiger charge is -2.16. The van der Waals surface area contributed by atoms with Crippen molar-refractivity contribution < 1.29 is 14.6 Å². The Balaban J connectivity index is 2.91. The summed E-state index contributed by atoms with van der Waals surface area (Å²) < 4.78 is 10.6. The van der Waals surface area contributed by atoms with E-state index in [0.29, 0.717) is 11.5 Å². The molecule has 3 N–H and O–H groups in total. The lowest BCUT2D eigenvalue weighted by molar-refractivity contribution is 0.121. The highest BCUT2D eigenvalue weighted by Gasteiger charge is 2.10. The van der Waals surface area contributed by atoms with Crippen LogP contribution in [0.5, 0.6) is 11.5 Å². The topological polar surface area (TPSA) is 64.7 Å². The molecule has 90 valence electrons. The van der Waals surface area contributed by atoms with Crippen LogP contribution < -0.4 is 15.2 Å². The molecule has 0 aromatic heterocycles. The summed E-state index contributed by atoms with van der Waals surface area (Å²) in [5.74, 6) is 1.38. The molecule has 0 radical (unpaired) electrons. The van der Waals surface area contributed by atoms with Gasteiger partial charge in [0.1, 0.15) is 18.1 Å². The first-order valence-electron chi connectivity index (χ1n) is 5.29. The maximum absolute atomic E-state index is 9.18. The third-order valence-electron chi connectivity index (χ3n) is 2.19. The van der Waals surface area contributed by atoms with Gasteiger partial charge in [0.2, 0.25) is 0 Å². The highest BCUT2D eigenvalue weighted by Crippen LogP contribution is 2.28. The van der Waals surface area contributed by atoms with Crippen LogP contribution in [0.15, 0.2) is 18.2 Å². The molecule has 1 aromatic carbocycles. The number of hydrogen-bond acceptors (Lipinski definition) is 4. The summed E-state index contributed by atoms with van der Waals surface area (Å²) in [5, 5.41) is 9.18. The van der Waals surface area contributed by atoms with Crippen molar-refractivity contribution in [2.24, 2.45) is 5.73 Å². The van der Waals surface area contributed by atoms with Crippen LogP contribution in [0.2, 0.25) is 0 Å². The molecule has 0 aliphatic carbocycles. The van der Waals surface area contributed by atoms with Crippen LogP contribution in [0.1, 0.15) is 25.5 Å². The molecule has 0 saturated carbocycles. The number of hydrogen-bond donors (Lipinski definition) is 2. The van der Waals surface area contributed by atoms with Crippen molar-refractivity contribution in [3.63, 3.8) is 0 Å². The summed E-state index contributed by atoms with van der Waals surface area (Å²) in [4.78, 5) is 0. The summed E-state index contributed by atoms with van der Waals surface area (Å²) in [7, 11) is 1.60. The van der Waals surface area contributed by atoms with Gasteiger partial charge in [0, 0.05) is 17.7 Å². The maximum Gasteiger partial charge on any atom is 0.127 e. The van der Waals surface area contributed by atoms with Crippen molar-refractivity contribution in [1.29, 1.82) is 0 Å². The summed E-state index contributed by atoms with van der Waals surface area (Å²) in [5.41, 5.74) is 6.73. The zero-order valence-corrected chi connectivity index (χ0v) is 9.93. The summed E-state index contributed by atoms with van der Waals surface area (Å²) >= 11 is 0. The lowest BCUT2D eigenvalue weighted by atomic mass is 10.1. The zero-order valence-electron chi connectivity index (χ0n) is 9.93. The standard InChI is InChI=1S/C12H19NO3/c1-8(14)7-16-12-6-10(15-3)4-5-11(12)9(2)13/h4-6,8-9,14H,7,13H2,1-3H3/t8?,9-/m1/s1. The molecule has 0 fully saturated rings. The van der Waals surface area contributed by atoms with E-state index in [0.717, 1.165) is 5.56 Å². The van der Waals surface area contributed by atoms with Crippen LogP contribution in [0.25, 0.3) is 0 Å². The van der Waals surface area contributed by atoms with E-state index in [1.807, 2.05) is 19.1 Å². The Morgan fingerprint density at radius 3 is 2.56 bits per heavy atom. The van der Waals surface area contributed by atoms with E-state index >= 15 is 0 Å². The minimum absolute atomic E-state index is 0.116. The zero-order chi connectivity index (χ0) is 12.1. The smallest absolute Gasteiger partial charge is 0.127 e. The van der Waals surface area contributed by atoms with E-state index in [1.54, 1.807) is 20.1 Å². The van der Waals surface area contributed by atoms with Gasteiger partial charge in [0.15, 0.2) is 0 Å². The molecule has 0 spiro atoms. The van der Waals surface area contributed by atoms with Crippen LogP contribution in [-0.2, 0) is 0 Å². The van der Waals surface area contributed by atoms with Crippen LogP contribution in [0, 0.1) is 0 Å². The minimum atomic E-state index is -0.507. The number of ether oxygens (including phenoxy) is 2. The number of aliphatic hydroxyl groups is 1. The molecule has 0 amide bonds. The van der Waals surface area contributed by atoms with Gasteiger partial charge in [-0.3, -0.25) is 0 Å². The fourth-order valence-electron chi connectivity index (χ4n) is 1.35. The Hall–Kier alpha value is -1.26. The Morgan fingerprint density at radius 1 is 1.38 bits per heavy atom. The highest BCUT2D eigenvalue weighted by atomic mass is 16.5. The van der Waals surface area contributed by atoms with Gasteiger partial charge in [-0.2, -0.15) is 0 Å². The molecule has 1 rings (SSSR count). The van der Waals surface area contributed by atoms with Crippen molar-refractivity contribution in [2.75, 3.05) is 13.7 Å². The van der Waals surface area contributed by atoms with E-state index < -0.39 is 6.10 Å². The van der Waals surface area contributed by atoms with Crippen LogP contribution in [0.3, 0.4) is 0 Å². The Labute approximate surface area is 96.0 Å². The Morgan fingerprint density at radius 2 is 2.06 bits per heavy atom. The Kier molecular flexibility index (Phi) is 4.58. The van der Waals surface area contributed by atoms with E-state index in [2.05, 4.69) is 0 Å². The van der Waals surface area contributed by atoms with Gasteiger partial charge in [0.05, 0.1) is 13.2 Å². The first kappa shape index (κ1) is 12.8. The Bertz CT molecular complexity index is 337.